The number of carboxylic acid groups (broad SMARTS) is 1. The van der Waals surface area contributed by atoms with Crippen LogP contribution in [-0.4, -0.2) is 78.4 Å². The molecular formula is C11H21N3O4. The molecule has 0 spiro atoms. The zero-order valence-corrected chi connectivity index (χ0v) is 10.8. The number of carbonyl (C=O) groups excluding carboxylic acids is 1. The number of carbonyl (C=O) groups is 2. The highest BCUT2D eigenvalue weighted by molar-refractivity contribution is 5.82. The average Bonchev–Trinajstić information content (AvgIpc) is 2.70. The van der Waals surface area contributed by atoms with Crippen molar-refractivity contribution in [2.75, 3.05) is 40.3 Å². The SMILES string of the molecule is CN1CCC(CN(C)C(=O)NC(CO)C(=O)O)C1. The van der Waals surface area contributed by atoms with Crippen LogP contribution in [0.25, 0.3) is 0 Å². The van der Waals surface area contributed by atoms with Gasteiger partial charge in [-0.05, 0) is 25.9 Å². The summed E-state index contributed by atoms with van der Waals surface area (Å²) in [6.07, 6.45) is 1.04. The molecule has 0 aromatic rings. The number of amides is 2. The fourth-order valence-electron chi connectivity index (χ4n) is 2.09. The third-order valence-electron chi connectivity index (χ3n) is 3.15. The molecule has 0 saturated carbocycles. The number of hydrogen-bond donors (Lipinski definition) is 3. The minimum Gasteiger partial charge on any atom is -0.480 e. The molecular weight excluding hydrogens is 238 g/mol. The zero-order chi connectivity index (χ0) is 13.7. The number of likely N-dealkylation sites (tertiary alicyclic amines) is 1. The molecule has 7 heteroatoms. The number of nitrogens with zero attached hydrogens (tertiary/aromatic N) is 2. The van der Waals surface area contributed by atoms with Gasteiger partial charge in [-0.25, -0.2) is 9.59 Å². The Morgan fingerprint density at radius 1 is 1.56 bits per heavy atom. The zero-order valence-electron chi connectivity index (χ0n) is 10.8. The standard InChI is InChI=1S/C11H21N3O4/c1-13-4-3-8(5-13)6-14(2)11(18)12-9(7-15)10(16)17/h8-9,15H,3-7H2,1-2H3,(H,12,18)(H,16,17). The van der Waals surface area contributed by atoms with Crippen LogP contribution in [-0.2, 0) is 4.79 Å². The molecule has 1 heterocycles. The summed E-state index contributed by atoms with van der Waals surface area (Å²) in [4.78, 5) is 26.1. The minimum absolute atomic E-state index is 0.420. The van der Waals surface area contributed by atoms with Gasteiger partial charge in [-0.1, -0.05) is 0 Å². The molecule has 0 aromatic heterocycles. The van der Waals surface area contributed by atoms with E-state index in [9.17, 15) is 9.59 Å². The lowest BCUT2D eigenvalue weighted by atomic mass is 10.1. The number of aliphatic hydroxyl groups excluding tert-OH is 1. The van der Waals surface area contributed by atoms with E-state index >= 15 is 0 Å². The number of rotatable bonds is 5. The summed E-state index contributed by atoms with van der Waals surface area (Å²) in [5.74, 6) is -0.817. The Labute approximate surface area is 106 Å². The van der Waals surface area contributed by atoms with Gasteiger partial charge in [0.15, 0.2) is 6.04 Å². The van der Waals surface area contributed by atoms with E-state index in [1.807, 2.05) is 7.05 Å². The van der Waals surface area contributed by atoms with E-state index in [-0.39, 0.29) is 0 Å². The first-order valence-electron chi connectivity index (χ1n) is 5.98. The van der Waals surface area contributed by atoms with Crippen LogP contribution >= 0.6 is 0 Å². The molecule has 0 aromatic carbocycles. The smallest absolute Gasteiger partial charge is 0.328 e. The summed E-state index contributed by atoms with van der Waals surface area (Å²) in [6.45, 7) is 1.95. The highest BCUT2D eigenvalue weighted by Gasteiger charge is 2.25. The van der Waals surface area contributed by atoms with Crippen molar-refractivity contribution in [3.05, 3.63) is 0 Å². The molecule has 7 nitrogen and oxygen atoms in total. The summed E-state index contributed by atoms with van der Waals surface area (Å²) in [6, 6.07) is -1.71. The van der Waals surface area contributed by atoms with Crippen molar-refractivity contribution < 1.29 is 19.8 Å². The van der Waals surface area contributed by atoms with E-state index in [2.05, 4.69) is 10.2 Å². The van der Waals surface area contributed by atoms with Gasteiger partial charge < -0.3 is 25.3 Å². The van der Waals surface area contributed by atoms with Crippen molar-refractivity contribution in [2.24, 2.45) is 5.92 Å². The fraction of sp³-hybridized carbons (Fsp3) is 0.818. The first kappa shape index (κ1) is 14.7. The van der Waals surface area contributed by atoms with Crippen molar-refractivity contribution in [2.45, 2.75) is 12.5 Å². The third kappa shape index (κ3) is 4.15. The number of carboxylic acids is 1. The summed E-state index contributed by atoms with van der Waals surface area (Å²) < 4.78 is 0. The van der Waals surface area contributed by atoms with Crippen LogP contribution in [0, 0.1) is 5.92 Å². The lowest BCUT2D eigenvalue weighted by molar-refractivity contribution is -0.140. The number of urea groups is 1. The predicted octanol–water partition coefficient (Wildman–Crippen LogP) is -0.975. The van der Waals surface area contributed by atoms with E-state index in [4.69, 9.17) is 10.2 Å². The Bertz CT molecular complexity index is 311. The van der Waals surface area contributed by atoms with E-state index in [1.54, 1.807) is 7.05 Å². The van der Waals surface area contributed by atoms with Crippen molar-refractivity contribution in [1.82, 2.24) is 15.1 Å². The van der Waals surface area contributed by atoms with E-state index < -0.39 is 24.6 Å². The monoisotopic (exact) mass is 259 g/mol. The molecule has 104 valence electrons. The van der Waals surface area contributed by atoms with Crippen molar-refractivity contribution in [3.8, 4) is 0 Å². The molecule has 0 radical (unpaired) electrons. The Kier molecular flexibility index (Phi) is 5.36. The average molecular weight is 259 g/mol. The second-order valence-electron chi connectivity index (χ2n) is 4.82. The molecule has 1 fully saturated rings. The Hall–Kier alpha value is -1.34. The van der Waals surface area contributed by atoms with Gasteiger partial charge in [0, 0.05) is 20.1 Å². The van der Waals surface area contributed by atoms with Gasteiger partial charge >= 0.3 is 12.0 Å². The lowest BCUT2D eigenvalue weighted by Crippen LogP contribution is -2.49. The maximum atomic E-state index is 11.7. The topological polar surface area (TPSA) is 93.1 Å². The van der Waals surface area contributed by atoms with Crippen molar-refractivity contribution in [3.63, 3.8) is 0 Å². The van der Waals surface area contributed by atoms with Gasteiger partial charge in [0.05, 0.1) is 6.61 Å². The maximum Gasteiger partial charge on any atom is 0.328 e. The second kappa shape index (κ2) is 6.55. The quantitative estimate of drug-likeness (QED) is 0.590. The van der Waals surface area contributed by atoms with Crippen LogP contribution in [0.15, 0.2) is 0 Å². The van der Waals surface area contributed by atoms with E-state index in [0.29, 0.717) is 12.5 Å². The van der Waals surface area contributed by atoms with Gasteiger partial charge in [-0.3, -0.25) is 0 Å². The van der Waals surface area contributed by atoms with Crippen LogP contribution < -0.4 is 5.32 Å². The largest absolute Gasteiger partial charge is 0.480 e. The molecule has 0 bridgehead atoms. The lowest BCUT2D eigenvalue weighted by Gasteiger charge is -2.23. The fourth-order valence-corrected chi connectivity index (χ4v) is 2.09. The maximum absolute atomic E-state index is 11.7. The first-order chi connectivity index (χ1) is 8.43. The van der Waals surface area contributed by atoms with Gasteiger partial charge in [0.2, 0.25) is 0 Å². The third-order valence-corrected chi connectivity index (χ3v) is 3.15. The summed E-state index contributed by atoms with van der Waals surface area (Å²) in [5, 5.41) is 19.8. The highest BCUT2D eigenvalue weighted by Crippen LogP contribution is 2.15. The Morgan fingerprint density at radius 3 is 2.67 bits per heavy atom. The minimum atomic E-state index is -1.24. The van der Waals surface area contributed by atoms with Gasteiger partial charge in [-0.15, -0.1) is 0 Å². The molecule has 1 aliphatic heterocycles. The predicted molar refractivity (Wildman–Crippen MR) is 65.3 cm³/mol. The molecule has 18 heavy (non-hydrogen) atoms. The molecule has 2 unspecified atom stereocenters. The summed E-state index contributed by atoms with van der Waals surface area (Å²) in [5.41, 5.74) is 0. The van der Waals surface area contributed by atoms with Gasteiger partial charge in [-0.2, -0.15) is 0 Å². The summed E-state index contributed by atoms with van der Waals surface area (Å²) in [7, 11) is 3.66. The molecule has 0 aliphatic carbocycles. The second-order valence-corrected chi connectivity index (χ2v) is 4.82. The van der Waals surface area contributed by atoms with Crippen molar-refractivity contribution >= 4 is 12.0 Å². The molecule has 2 atom stereocenters. The van der Waals surface area contributed by atoms with Crippen LogP contribution in [0.1, 0.15) is 6.42 Å². The number of hydrogen-bond acceptors (Lipinski definition) is 4. The van der Waals surface area contributed by atoms with E-state index in [0.717, 1.165) is 19.5 Å². The van der Waals surface area contributed by atoms with Crippen LogP contribution in [0.5, 0.6) is 0 Å². The molecule has 1 rings (SSSR count). The van der Waals surface area contributed by atoms with Crippen LogP contribution in [0.3, 0.4) is 0 Å². The Morgan fingerprint density at radius 2 is 2.22 bits per heavy atom. The van der Waals surface area contributed by atoms with Gasteiger partial charge in [0.1, 0.15) is 0 Å². The van der Waals surface area contributed by atoms with Crippen LogP contribution in [0.4, 0.5) is 4.79 Å². The first-order valence-corrected chi connectivity index (χ1v) is 5.98. The summed E-state index contributed by atoms with van der Waals surface area (Å²) >= 11 is 0. The highest BCUT2D eigenvalue weighted by atomic mass is 16.4. The molecule has 1 aliphatic rings. The number of aliphatic carboxylic acids is 1. The van der Waals surface area contributed by atoms with Gasteiger partial charge in [0.25, 0.3) is 0 Å². The Balaban J connectivity index is 2.38. The number of aliphatic hydroxyl groups is 1. The normalized spacial score (nSPS) is 21.6. The van der Waals surface area contributed by atoms with Crippen LogP contribution in [0.2, 0.25) is 0 Å². The molecule has 1 saturated heterocycles. The molecule has 3 N–H and O–H groups in total. The number of nitrogens with one attached hydrogen (secondary N) is 1. The van der Waals surface area contributed by atoms with Crippen molar-refractivity contribution in [1.29, 1.82) is 0 Å². The molecule has 2 amide bonds. The van der Waals surface area contributed by atoms with E-state index in [1.165, 1.54) is 4.90 Å².